The average molecular weight is 295 g/mol. The lowest BCUT2D eigenvalue weighted by atomic mass is 10.6. The Hall–Kier alpha value is 2.06. The van der Waals surface area contributed by atoms with Crippen molar-refractivity contribution in [1.29, 1.82) is 0 Å². The second kappa shape index (κ2) is 10.6. The minimum Gasteiger partial charge on any atom is -0.247 e. The molecule has 0 aromatic rings. The molecule has 7 heteroatoms. The Bertz CT molecular complexity index is 101. The number of hydrogen-bond donors (Lipinski definition) is 4. The van der Waals surface area contributed by atoms with Gasteiger partial charge >= 0.3 is 0 Å². The van der Waals surface area contributed by atoms with Gasteiger partial charge in [0.05, 0.1) is 0 Å². The second-order valence-electron chi connectivity index (χ2n) is 2.31. The van der Waals surface area contributed by atoms with E-state index >= 15 is 0 Å². The highest BCUT2D eigenvalue weighted by Crippen LogP contribution is 2.19. The van der Waals surface area contributed by atoms with Crippen molar-refractivity contribution in [3.05, 3.63) is 0 Å². The lowest BCUT2D eigenvalue weighted by Gasteiger charge is -2.07. The molecular formula is C6H14OS6. The van der Waals surface area contributed by atoms with Crippen LogP contribution in [0.2, 0.25) is 0 Å². The number of hydrogen-bond acceptors (Lipinski definition) is 7. The van der Waals surface area contributed by atoms with Gasteiger partial charge in [0.2, 0.25) is 0 Å². The second-order valence-corrected chi connectivity index (χ2v) is 6.18. The minimum absolute atomic E-state index is 0.297. The quantitative estimate of drug-likeness (QED) is 0.312. The van der Waals surface area contributed by atoms with Gasteiger partial charge in [0, 0.05) is 57.6 Å². The van der Waals surface area contributed by atoms with Gasteiger partial charge in [-0.15, -0.1) is 0 Å². The largest absolute Gasteiger partial charge is 0.247 e. The maximum Gasteiger partial charge on any atom is 0.0335 e. The molecule has 0 N–H and O–H groups in total. The van der Waals surface area contributed by atoms with Crippen molar-refractivity contribution in [2.24, 2.45) is 0 Å². The van der Waals surface area contributed by atoms with Gasteiger partial charge in [-0.2, -0.15) is 50.5 Å². The molecule has 0 spiro atoms. The summed E-state index contributed by atoms with van der Waals surface area (Å²) in [4.78, 5) is 0. The van der Waals surface area contributed by atoms with Crippen LogP contribution in [0.3, 0.4) is 0 Å². The molecular weight excluding hydrogens is 280 g/mol. The van der Waals surface area contributed by atoms with E-state index in [4.69, 9.17) is 3.63 Å². The highest BCUT2D eigenvalue weighted by Gasteiger charge is 2.03. The van der Waals surface area contributed by atoms with Gasteiger partial charge < -0.3 is 0 Å². The summed E-state index contributed by atoms with van der Waals surface area (Å²) in [5, 5.41) is 0.594. The molecule has 1 nitrogen and oxygen atoms in total. The third-order valence-electron chi connectivity index (χ3n) is 1.04. The Morgan fingerprint density at radius 1 is 0.923 bits per heavy atom. The predicted octanol–water partition coefficient (Wildman–Crippen LogP) is 2.76. The smallest absolute Gasteiger partial charge is 0.0335 e. The summed E-state index contributed by atoms with van der Waals surface area (Å²) >= 11 is 19.6. The standard InChI is InChI=1S/C6H14OS6/c8-1-5(10)3-12-7-13-4-6(11)2-9/h5-6,8-11H,1-4H2. The summed E-state index contributed by atoms with van der Waals surface area (Å²) in [6, 6.07) is 0. The zero-order valence-electron chi connectivity index (χ0n) is 7.00. The Kier molecular flexibility index (Phi) is 12.2. The number of rotatable bonds is 8. The van der Waals surface area contributed by atoms with Crippen LogP contribution in [0, 0.1) is 0 Å². The van der Waals surface area contributed by atoms with E-state index in [9.17, 15) is 0 Å². The molecule has 0 aromatic carbocycles. The predicted molar refractivity (Wildman–Crippen MR) is 79.3 cm³/mol. The third kappa shape index (κ3) is 10.3. The van der Waals surface area contributed by atoms with E-state index < -0.39 is 0 Å². The highest BCUT2D eigenvalue weighted by molar-refractivity contribution is 8.08. The van der Waals surface area contributed by atoms with Crippen LogP contribution in [0.1, 0.15) is 0 Å². The average Bonchev–Trinajstić information content (AvgIpc) is 2.16. The van der Waals surface area contributed by atoms with Crippen LogP contribution in [-0.2, 0) is 3.63 Å². The van der Waals surface area contributed by atoms with E-state index in [-0.39, 0.29) is 0 Å². The van der Waals surface area contributed by atoms with Crippen molar-refractivity contribution < 1.29 is 3.63 Å². The molecule has 0 aliphatic carbocycles. The van der Waals surface area contributed by atoms with E-state index in [2.05, 4.69) is 50.5 Å². The Labute approximate surface area is 111 Å². The van der Waals surface area contributed by atoms with Crippen LogP contribution >= 0.6 is 74.6 Å². The maximum atomic E-state index is 5.25. The van der Waals surface area contributed by atoms with Gasteiger partial charge in [-0.3, -0.25) is 0 Å². The maximum absolute atomic E-state index is 5.25. The van der Waals surface area contributed by atoms with Crippen LogP contribution in [-0.4, -0.2) is 33.5 Å². The first-order chi connectivity index (χ1) is 6.20. The SMILES string of the molecule is SCC(S)CSOSCC(S)CS. The molecule has 2 atom stereocenters. The molecule has 0 aliphatic rings. The zero-order chi connectivity index (χ0) is 10.1. The lowest BCUT2D eigenvalue weighted by molar-refractivity contribution is 0.753. The first-order valence-electron chi connectivity index (χ1n) is 3.69. The summed E-state index contributed by atoms with van der Waals surface area (Å²) in [6.45, 7) is 0. The van der Waals surface area contributed by atoms with Gasteiger partial charge in [0.1, 0.15) is 0 Å². The minimum atomic E-state index is 0.297. The summed E-state index contributed by atoms with van der Waals surface area (Å²) in [7, 11) is 0. The van der Waals surface area contributed by atoms with Gasteiger partial charge in [-0.05, 0) is 0 Å². The monoisotopic (exact) mass is 294 g/mol. The van der Waals surface area contributed by atoms with E-state index in [1.54, 1.807) is 0 Å². The van der Waals surface area contributed by atoms with Crippen molar-refractivity contribution in [1.82, 2.24) is 0 Å². The lowest BCUT2D eigenvalue weighted by Crippen LogP contribution is -2.05. The van der Waals surface area contributed by atoms with Crippen LogP contribution in [0.25, 0.3) is 0 Å². The summed E-state index contributed by atoms with van der Waals surface area (Å²) < 4.78 is 5.25. The first-order valence-corrected chi connectivity index (χ1v) is 7.81. The molecule has 0 aromatic heterocycles. The summed E-state index contributed by atoms with van der Waals surface area (Å²) in [5.74, 6) is 3.27. The van der Waals surface area contributed by atoms with Crippen molar-refractivity contribution in [2.45, 2.75) is 10.5 Å². The van der Waals surface area contributed by atoms with Crippen molar-refractivity contribution in [3.8, 4) is 0 Å². The van der Waals surface area contributed by atoms with Crippen LogP contribution in [0.5, 0.6) is 0 Å². The summed E-state index contributed by atoms with van der Waals surface area (Å²) in [5.41, 5.74) is 0. The van der Waals surface area contributed by atoms with Gasteiger partial charge in [0.15, 0.2) is 0 Å². The fourth-order valence-corrected chi connectivity index (χ4v) is 2.59. The fourth-order valence-electron chi connectivity index (χ4n) is 0.352. The molecule has 2 unspecified atom stereocenters. The van der Waals surface area contributed by atoms with Crippen LogP contribution < -0.4 is 0 Å². The van der Waals surface area contributed by atoms with E-state index in [1.165, 1.54) is 24.1 Å². The molecule has 0 bridgehead atoms. The third-order valence-corrected chi connectivity index (χ3v) is 5.57. The molecule has 0 saturated carbocycles. The molecule has 0 aliphatic heterocycles. The zero-order valence-corrected chi connectivity index (χ0v) is 12.2. The molecule has 0 amide bonds. The van der Waals surface area contributed by atoms with E-state index in [0.29, 0.717) is 10.5 Å². The van der Waals surface area contributed by atoms with Crippen LogP contribution in [0.15, 0.2) is 0 Å². The topological polar surface area (TPSA) is 9.23 Å². The van der Waals surface area contributed by atoms with Crippen molar-refractivity contribution in [2.75, 3.05) is 23.0 Å². The molecule has 0 heterocycles. The highest BCUT2D eigenvalue weighted by atomic mass is 32.2. The molecule has 0 radical (unpaired) electrons. The number of thiol groups is 4. The van der Waals surface area contributed by atoms with Gasteiger partial charge in [0.25, 0.3) is 0 Å². The van der Waals surface area contributed by atoms with Gasteiger partial charge in [-0.1, -0.05) is 0 Å². The summed E-state index contributed by atoms with van der Waals surface area (Å²) in [6.07, 6.45) is 0. The molecule has 0 saturated heterocycles. The first kappa shape index (κ1) is 15.1. The van der Waals surface area contributed by atoms with Gasteiger partial charge in [-0.25, -0.2) is 3.63 Å². The Balaban J connectivity index is 3.08. The van der Waals surface area contributed by atoms with E-state index in [1.807, 2.05) is 0 Å². The van der Waals surface area contributed by atoms with Crippen molar-refractivity contribution >= 4 is 74.6 Å². The van der Waals surface area contributed by atoms with E-state index in [0.717, 1.165) is 23.0 Å². The van der Waals surface area contributed by atoms with Crippen LogP contribution in [0.4, 0.5) is 0 Å². The Morgan fingerprint density at radius 3 is 1.62 bits per heavy atom. The Morgan fingerprint density at radius 2 is 1.31 bits per heavy atom. The molecule has 80 valence electrons. The van der Waals surface area contributed by atoms with Crippen molar-refractivity contribution in [3.63, 3.8) is 0 Å². The fraction of sp³-hybridized carbons (Fsp3) is 1.00. The normalized spacial score (nSPS) is 15.7. The molecule has 13 heavy (non-hydrogen) atoms. The molecule has 0 fully saturated rings. The molecule has 0 rings (SSSR count).